The van der Waals surface area contributed by atoms with E-state index in [1.807, 2.05) is 30.3 Å². The minimum absolute atomic E-state index is 0.00402. The van der Waals surface area contributed by atoms with E-state index in [1.54, 1.807) is 12.0 Å². The molecule has 1 atom stereocenters. The largest absolute Gasteiger partial charge is 0.493 e. The van der Waals surface area contributed by atoms with Crippen LogP contribution >= 0.6 is 0 Å². The van der Waals surface area contributed by atoms with E-state index in [9.17, 15) is 4.79 Å². The standard InChI is InChI=1S/C29H38N4O4/c1-35-28-18-23(8-11-27(28)36-17-16-31-19-24(20-31)32-13-2-3-14-32)33-15-12-26(29(33)34)30-37-25-9-6-22(7-10-25)21-4-5-21/h6-11,18,21,24,26,30H,2-5,12-17,19-20H2,1H3/t26-/m0/s1. The van der Waals surface area contributed by atoms with Crippen LogP contribution in [0.1, 0.15) is 43.6 Å². The quantitative estimate of drug-likeness (QED) is 0.469. The van der Waals surface area contributed by atoms with Crippen LogP contribution in [-0.4, -0.2) is 80.8 Å². The van der Waals surface area contributed by atoms with Gasteiger partial charge in [-0.3, -0.25) is 14.6 Å². The second kappa shape index (κ2) is 10.9. The third-order valence-electron chi connectivity index (χ3n) is 8.17. The van der Waals surface area contributed by atoms with Gasteiger partial charge in [0.15, 0.2) is 11.5 Å². The first-order valence-electron chi connectivity index (χ1n) is 13.8. The lowest BCUT2D eigenvalue weighted by Gasteiger charge is -2.44. The van der Waals surface area contributed by atoms with E-state index in [0.29, 0.717) is 37.0 Å². The van der Waals surface area contributed by atoms with Crippen molar-refractivity contribution >= 4 is 11.6 Å². The minimum atomic E-state index is -0.383. The number of hydrogen-bond acceptors (Lipinski definition) is 7. The first-order chi connectivity index (χ1) is 18.2. The molecule has 0 aromatic heterocycles. The third kappa shape index (κ3) is 5.56. The minimum Gasteiger partial charge on any atom is -0.493 e. The van der Waals surface area contributed by atoms with Crippen molar-refractivity contribution in [1.29, 1.82) is 0 Å². The number of rotatable bonds is 11. The van der Waals surface area contributed by atoms with Gasteiger partial charge in [-0.15, -0.1) is 5.48 Å². The van der Waals surface area contributed by atoms with Crippen LogP contribution in [0.5, 0.6) is 17.2 Å². The van der Waals surface area contributed by atoms with Crippen molar-refractivity contribution in [1.82, 2.24) is 15.3 Å². The molecule has 3 aliphatic heterocycles. The first-order valence-corrected chi connectivity index (χ1v) is 13.8. The van der Waals surface area contributed by atoms with E-state index >= 15 is 0 Å². The molecule has 2 aromatic rings. The lowest BCUT2D eigenvalue weighted by molar-refractivity contribution is -0.120. The second-order valence-electron chi connectivity index (χ2n) is 10.7. The summed E-state index contributed by atoms with van der Waals surface area (Å²) in [6.45, 7) is 6.96. The maximum atomic E-state index is 13.1. The predicted molar refractivity (Wildman–Crippen MR) is 142 cm³/mol. The van der Waals surface area contributed by atoms with Gasteiger partial charge in [-0.2, -0.15) is 0 Å². The molecule has 37 heavy (non-hydrogen) atoms. The first kappa shape index (κ1) is 24.5. The fraction of sp³-hybridized carbons (Fsp3) is 0.552. The van der Waals surface area contributed by atoms with Crippen LogP contribution in [0.25, 0.3) is 0 Å². The Balaban J connectivity index is 0.977. The summed E-state index contributed by atoms with van der Waals surface area (Å²) in [6.07, 6.45) is 5.92. The van der Waals surface area contributed by atoms with Crippen LogP contribution in [0.15, 0.2) is 42.5 Å². The molecule has 3 heterocycles. The Morgan fingerprint density at radius 2 is 1.73 bits per heavy atom. The van der Waals surface area contributed by atoms with Crippen molar-refractivity contribution < 1.29 is 19.1 Å². The molecular formula is C29H38N4O4. The van der Waals surface area contributed by atoms with Crippen molar-refractivity contribution in [3.05, 3.63) is 48.0 Å². The number of carbonyl (C=O) groups is 1. The van der Waals surface area contributed by atoms with Crippen LogP contribution in [0.4, 0.5) is 5.69 Å². The molecule has 4 aliphatic rings. The summed E-state index contributed by atoms with van der Waals surface area (Å²) in [5.74, 6) is 2.79. The highest BCUT2D eigenvalue weighted by Crippen LogP contribution is 2.40. The van der Waals surface area contributed by atoms with Gasteiger partial charge in [-0.05, 0) is 80.9 Å². The van der Waals surface area contributed by atoms with Gasteiger partial charge in [0.1, 0.15) is 18.4 Å². The zero-order chi connectivity index (χ0) is 25.2. The number of methoxy groups -OCH3 is 1. The molecule has 8 nitrogen and oxygen atoms in total. The van der Waals surface area contributed by atoms with Crippen LogP contribution in [0.2, 0.25) is 0 Å². The molecule has 1 amide bonds. The number of amides is 1. The highest BCUT2D eigenvalue weighted by molar-refractivity contribution is 5.99. The molecule has 3 saturated heterocycles. The smallest absolute Gasteiger partial charge is 0.247 e. The van der Waals surface area contributed by atoms with E-state index in [2.05, 4.69) is 27.4 Å². The van der Waals surface area contributed by atoms with E-state index in [0.717, 1.165) is 37.1 Å². The summed E-state index contributed by atoms with van der Waals surface area (Å²) in [4.78, 5) is 25.7. The van der Waals surface area contributed by atoms with Crippen molar-refractivity contribution in [2.24, 2.45) is 0 Å². The van der Waals surface area contributed by atoms with Gasteiger partial charge in [0.25, 0.3) is 0 Å². The van der Waals surface area contributed by atoms with Crippen LogP contribution in [0, 0.1) is 0 Å². The number of nitrogens with zero attached hydrogens (tertiary/aromatic N) is 3. The number of hydrogen-bond donors (Lipinski definition) is 1. The SMILES string of the molecule is COc1cc(N2CC[C@H](NOc3ccc(C4CC4)cc3)C2=O)ccc1OCCN1CC(N2CCCC2)C1. The average molecular weight is 507 g/mol. The monoisotopic (exact) mass is 506 g/mol. The normalized spacial score (nSPS) is 22.9. The number of nitrogens with one attached hydrogen (secondary N) is 1. The van der Waals surface area contributed by atoms with Gasteiger partial charge < -0.3 is 19.2 Å². The van der Waals surface area contributed by atoms with Gasteiger partial charge in [0.05, 0.1) is 7.11 Å². The number of ether oxygens (including phenoxy) is 2. The van der Waals surface area contributed by atoms with E-state index in [4.69, 9.17) is 14.3 Å². The average Bonchev–Trinajstić information content (AvgIpc) is 3.49. The maximum Gasteiger partial charge on any atom is 0.247 e. The summed E-state index contributed by atoms with van der Waals surface area (Å²) in [5.41, 5.74) is 5.14. The lowest BCUT2D eigenvalue weighted by Crippen LogP contribution is -2.59. The summed E-state index contributed by atoms with van der Waals surface area (Å²) >= 11 is 0. The number of likely N-dealkylation sites (tertiary alicyclic amines) is 2. The zero-order valence-corrected chi connectivity index (χ0v) is 21.7. The van der Waals surface area contributed by atoms with Crippen LogP contribution in [-0.2, 0) is 4.79 Å². The number of hydroxylamine groups is 1. The fourth-order valence-corrected chi connectivity index (χ4v) is 5.70. The van der Waals surface area contributed by atoms with Gasteiger partial charge in [0.2, 0.25) is 5.91 Å². The van der Waals surface area contributed by atoms with Crippen LogP contribution < -0.4 is 24.7 Å². The molecule has 0 spiro atoms. The molecule has 1 saturated carbocycles. The molecule has 0 radical (unpaired) electrons. The lowest BCUT2D eigenvalue weighted by atomic mass is 10.1. The van der Waals surface area contributed by atoms with E-state index in [1.165, 1.54) is 44.3 Å². The van der Waals surface area contributed by atoms with E-state index in [-0.39, 0.29) is 11.9 Å². The molecule has 4 fully saturated rings. The summed E-state index contributed by atoms with van der Waals surface area (Å²) in [5, 5.41) is 0. The molecule has 0 bridgehead atoms. The molecule has 198 valence electrons. The van der Waals surface area contributed by atoms with Crippen molar-refractivity contribution in [3.63, 3.8) is 0 Å². The Hall–Kier alpha value is -2.81. The Labute approximate surface area is 219 Å². The Bertz CT molecular complexity index is 1080. The third-order valence-corrected chi connectivity index (χ3v) is 8.17. The Morgan fingerprint density at radius 3 is 2.46 bits per heavy atom. The van der Waals surface area contributed by atoms with Crippen LogP contribution in [0.3, 0.4) is 0 Å². The van der Waals surface area contributed by atoms with Gasteiger partial charge in [-0.1, -0.05) is 12.1 Å². The molecular weight excluding hydrogens is 468 g/mol. The highest BCUT2D eigenvalue weighted by atomic mass is 16.6. The van der Waals surface area contributed by atoms with Gasteiger partial charge in [-0.25, -0.2) is 0 Å². The molecule has 8 heteroatoms. The summed E-state index contributed by atoms with van der Waals surface area (Å²) in [7, 11) is 1.64. The highest BCUT2D eigenvalue weighted by Gasteiger charge is 2.34. The molecule has 1 aliphatic carbocycles. The molecule has 0 unspecified atom stereocenters. The van der Waals surface area contributed by atoms with E-state index < -0.39 is 0 Å². The second-order valence-corrected chi connectivity index (χ2v) is 10.7. The molecule has 2 aromatic carbocycles. The topological polar surface area (TPSA) is 66.5 Å². The zero-order valence-electron chi connectivity index (χ0n) is 21.7. The predicted octanol–water partition coefficient (Wildman–Crippen LogP) is 3.42. The number of carbonyl (C=O) groups excluding carboxylic acids is 1. The Kier molecular flexibility index (Phi) is 7.22. The maximum absolute atomic E-state index is 13.1. The number of anilines is 1. The van der Waals surface area contributed by atoms with Gasteiger partial charge >= 0.3 is 0 Å². The fourth-order valence-electron chi connectivity index (χ4n) is 5.70. The Morgan fingerprint density at radius 1 is 0.946 bits per heavy atom. The van der Waals surface area contributed by atoms with Crippen molar-refractivity contribution in [2.75, 3.05) is 57.9 Å². The molecule has 1 N–H and O–H groups in total. The summed E-state index contributed by atoms with van der Waals surface area (Å²) < 4.78 is 11.7. The molecule has 6 rings (SSSR count). The van der Waals surface area contributed by atoms with Gasteiger partial charge in [0, 0.05) is 44.0 Å². The summed E-state index contributed by atoms with van der Waals surface area (Å²) in [6, 6.07) is 14.2. The van der Waals surface area contributed by atoms with Crippen molar-refractivity contribution in [3.8, 4) is 17.2 Å². The van der Waals surface area contributed by atoms with Crippen molar-refractivity contribution in [2.45, 2.75) is 50.1 Å². The number of benzene rings is 2.